The molecule has 0 radical (unpaired) electrons. The van der Waals surface area contributed by atoms with Gasteiger partial charge in [0.15, 0.2) is 0 Å². The Bertz CT molecular complexity index is 752. The van der Waals surface area contributed by atoms with Gasteiger partial charge in [-0.15, -0.1) is 5.10 Å². The van der Waals surface area contributed by atoms with Gasteiger partial charge in [-0.1, -0.05) is 0 Å². The zero-order valence-electron chi connectivity index (χ0n) is 11.3. The first-order valence-corrected chi connectivity index (χ1v) is 7.76. The molecule has 0 saturated carbocycles. The lowest BCUT2D eigenvalue weighted by molar-refractivity contribution is 0.491. The number of nitrogens with zero attached hydrogens (tertiary/aromatic N) is 1. The van der Waals surface area contributed by atoms with Crippen molar-refractivity contribution < 1.29 is 12.8 Å². The standard InChI is InChI=1S/C12H15N3O3S2/c1-12(2,3)15-20(16,17)9-6-4-8(5-7-9)10-13-14-11(19)18-10/h4-7,15H,1-3H3,(H,14,19). The number of benzene rings is 1. The number of aromatic nitrogens is 2. The van der Waals surface area contributed by atoms with E-state index in [0.717, 1.165) is 0 Å². The van der Waals surface area contributed by atoms with Crippen molar-refractivity contribution in [2.45, 2.75) is 31.2 Å². The van der Waals surface area contributed by atoms with Crippen LogP contribution in [0.3, 0.4) is 0 Å². The zero-order valence-corrected chi connectivity index (χ0v) is 12.9. The summed E-state index contributed by atoms with van der Waals surface area (Å²) < 4.78 is 32.0. The zero-order chi connectivity index (χ0) is 15.0. The van der Waals surface area contributed by atoms with Crippen LogP contribution < -0.4 is 4.72 Å². The lowest BCUT2D eigenvalue weighted by Gasteiger charge is -2.20. The molecule has 0 aliphatic rings. The molecular weight excluding hydrogens is 298 g/mol. The monoisotopic (exact) mass is 313 g/mol. The van der Waals surface area contributed by atoms with Gasteiger partial charge in [-0.3, -0.25) is 0 Å². The van der Waals surface area contributed by atoms with Crippen LogP contribution in [0.2, 0.25) is 0 Å². The Kier molecular flexibility index (Phi) is 3.81. The van der Waals surface area contributed by atoms with Crippen molar-refractivity contribution >= 4 is 22.2 Å². The summed E-state index contributed by atoms with van der Waals surface area (Å²) in [5, 5.41) is 6.39. The third kappa shape index (κ3) is 3.53. The van der Waals surface area contributed by atoms with Crippen LogP contribution in [0.4, 0.5) is 0 Å². The maximum absolute atomic E-state index is 12.1. The van der Waals surface area contributed by atoms with Gasteiger partial charge in [-0.2, -0.15) is 0 Å². The quantitative estimate of drug-likeness (QED) is 0.850. The highest BCUT2D eigenvalue weighted by atomic mass is 32.2. The minimum atomic E-state index is -3.54. The average Bonchev–Trinajstić information content (AvgIpc) is 2.73. The molecule has 1 heterocycles. The molecule has 2 rings (SSSR count). The van der Waals surface area contributed by atoms with Gasteiger partial charge in [0.25, 0.3) is 4.84 Å². The molecule has 0 spiro atoms. The lowest BCUT2D eigenvalue weighted by Crippen LogP contribution is -2.40. The molecule has 0 unspecified atom stereocenters. The van der Waals surface area contributed by atoms with Crippen LogP contribution in [0.15, 0.2) is 33.6 Å². The summed E-state index contributed by atoms with van der Waals surface area (Å²) in [4.78, 5) is 0.358. The number of aromatic amines is 1. The van der Waals surface area contributed by atoms with E-state index < -0.39 is 15.6 Å². The summed E-state index contributed by atoms with van der Waals surface area (Å²) in [5.74, 6) is 0.322. The van der Waals surface area contributed by atoms with E-state index in [1.807, 2.05) is 0 Å². The predicted molar refractivity (Wildman–Crippen MR) is 77.2 cm³/mol. The summed E-state index contributed by atoms with van der Waals surface area (Å²) in [6.07, 6.45) is 0. The first-order valence-electron chi connectivity index (χ1n) is 5.87. The number of rotatable bonds is 3. The number of sulfonamides is 1. The van der Waals surface area contributed by atoms with Crippen LogP contribution in [-0.2, 0) is 10.0 Å². The Morgan fingerprint density at radius 3 is 2.30 bits per heavy atom. The predicted octanol–water partition coefficient (Wildman–Crippen LogP) is 2.48. The van der Waals surface area contributed by atoms with Crippen LogP contribution in [0.1, 0.15) is 20.8 Å². The molecule has 8 heteroatoms. The van der Waals surface area contributed by atoms with Crippen LogP contribution in [-0.4, -0.2) is 24.2 Å². The van der Waals surface area contributed by atoms with Crippen molar-refractivity contribution in [2.75, 3.05) is 0 Å². The summed E-state index contributed by atoms with van der Waals surface area (Å²) in [5.41, 5.74) is 0.110. The molecule has 0 aliphatic carbocycles. The van der Waals surface area contributed by atoms with Crippen molar-refractivity contribution in [1.29, 1.82) is 0 Å². The number of nitrogens with one attached hydrogen (secondary N) is 2. The fourth-order valence-corrected chi connectivity index (χ4v) is 3.14. The number of hydrogen-bond donors (Lipinski definition) is 2. The summed E-state index contributed by atoms with van der Waals surface area (Å²) >= 11 is 4.79. The largest absolute Gasteiger partial charge is 0.409 e. The first-order chi connectivity index (χ1) is 9.17. The molecule has 108 valence electrons. The highest BCUT2D eigenvalue weighted by molar-refractivity contribution is 7.89. The molecular formula is C12H15N3O3S2. The van der Waals surface area contributed by atoms with Gasteiger partial charge >= 0.3 is 0 Å². The summed E-state index contributed by atoms with van der Waals surface area (Å²) in [6, 6.07) is 6.23. The fraction of sp³-hybridized carbons (Fsp3) is 0.333. The SMILES string of the molecule is CC(C)(C)NS(=O)(=O)c1ccc(-c2n[nH]c(=S)o2)cc1. The second kappa shape index (κ2) is 5.12. The molecule has 0 aliphatic heterocycles. The van der Waals surface area contributed by atoms with Gasteiger partial charge in [-0.25, -0.2) is 18.2 Å². The molecule has 0 atom stereocenters. The van der Waals surface area contributed by atoms with Gasteiger partial charge in [0.1, 0.15) is 0 Å². The minimum Gasteiger partial charge on any atom is -0.409 e. The van der Waals surface area contributed by atoms with E-state index in [2.05, 4.69) is 14.9 Å². The summed E-state index contributed by atoms with van der Waals surface area (Å²) in [6.45, 7) is 5.35. The lowest BCUT2D eigenvalue weighted by atomic mass is 10.1. The van der Waals surface area contributed by atoms with Crippen molar-refractivity contribution in [3.63, 3.8) is 0 Å². The van der Waals surface area contributed by atoms with E-state index in [9.17, 15) is 8.42 Å². The molecule has 0 amide bonds. The Morgan fingerprint density at radius 2 is 1.85 bits per heavy atom. The van der Waals surface area contributed by atoms with E-state index in [0.29, 0.717) is 11.5 Å². The van der Waals surface area contributed by atoms with Crippen LogP contribution in [0, 0.1) is 4.84 Å². The molecule has 1 aromatic heterocycles. The van der Waals surface area contributed by atoms with Gasteiger partial charge in [0, 0.05) is 11.1 Å². The number of hydrogen-bond acceptors (Lipinski definition) is 5. The van der Waals surface area contributed by atoms with E-state index in [1.54, 1.807) is 32.9 Å². The van der Waals surface area contributed by atoms with E-state index in [4.69, 9.17) is 16.6 Å². The number of H-pyrrole nitrogens is 1. The minimum absolute atomic E-state index is 0.172. The molecule has 0 saturated heterocycles. The first kappa shape index (κ1) is 14.9. The molecule has 0 bridgehead atoms. The van der Waals surface area contributed by atoms with E-state index in [1.165, 1.54) is 12.1 Å². The van der Waals surface area contributed by atoms with Crippen LogP contribution >= 0.6 is 12.2 Å². The topological polar surface area (TPSA) is 88.0 Å². The summed E-state index contributed by atoms with van der Waals surface area (Å²) in [7, 11) is -3.54. The normalized spacial score (nSPS) is 12.6. The van der Waals surface area contributed by atoms with Crippen molar-refractivity contribution in [2.24, 2.45) is 0 Å². The van der Waals surface area contributed by atoms with Crippen LogP contribution in [0.5, 0.6) is 0 Å². The fourth-order valence-electron chi connectivity index (χ4n) is 1.59. The Morgan fingerprint density at radius 1 is 1.25 bits per heavy atom. The molecule has 1 aromatic carbocycles. The highest BCUT2D eigenvalue weighted by Crippen LogP contribution is 2.20. The Balaban J connectivity index is 2.31. The second-order valence-electron chi connectivity index (χ2n) is 5.30. The maximum Gasteiger partial charge on any atom is 0.284 e. The third-order valence-electron chi connectivity index (χ3n) is 2.29. The second-order valence-corrected chi connectivity index (χ2v) is 7.35. The smallest absolute Gasteiger partial charge is 0.284 e. The van der Waals surface area contributed by atoms with Gasteiger partial charge in [0.2, 0.25) is 15.9 Å². The van der Waals surface area contributed by atoms with Crippen molar-refractivity contribution in [3.8, 4) is 11.5 Å². The molecule has 2 aromatic rings. The van der Waals surface area contributed by atoms with E-state index >= 15 is 0 Å². The molecule has 20 heavy (non-hydrogen) atoms. The van der Waals surface area contributed by atoms with Gasteiger partial charge in [0.05, 0.1) is 4.90 Å². The molecule has 6 nitrogen and oxygen atoms in total. The Labute approximate surface area is 122 Å². The van der Waals surface area contributed by atoms with Crippen LogP contribution in [0.25, 0.3) is 11.5 Å². The van der Waals surface area contributed by atoms with Crippen molar-refractivity contribution in [1.82, 2.24) is 14.9 Å². The highest BCUT2D eigenvalue weighted by Gasteiger charge is 2.21. The molecule has 2 N–H and O–H groups in total. The third-order valence-corrected chi connectivity index (χ3v) is 4.24. The van der Waals surface area contributed by atoms with Gasteiger partial charge in [-0.05, 0) is 57.3 Å². The van der Waals surface area contributed by atoms with Crippen molar-refractivity contribution in [3.05, 3.63) is 29.1 Å². The maximum atomic E-state index is 12.1. The molecule has 0 fully saturated rings. The van der Waals surface area contributed by atoms with Gasteiger partial charge < -0.3 is 4.42 Å². The Hall–Kier alpha value is -1.51. The van der Waals surface area contributed by atoms with E-state index in [-0.39, 0.29) is 9.73 Å². The average molecular weight is 313 g/mol.